The van der Waals surface area contributed by atoms with E-state index in [0.717, 1.165) is 140 Å². The van der Waals surface area contributed by atoms with Crippen LogP contribution < -0.4 is 41.0 Å². The zero-order valence-corrected chi connectivity index (χ0v) is 43.9. The van der Waals surface area contributed by atoms with Crippen molar-refractivity contribution in [3.63, 3.8) is 0 Å². The number of nitrogens with zero attached hydrogens (tertiary/aromatic N) is 11. The van der Waals surface area contributed by atoms with E-state index in [1.807, 2.05) is 62.4 Å². The van der Waals surface area contributed by atoms with Gasteiger partial charge in [-0.1, -0.05) is 39.5 Å². The number of benzene rings is 2. The number of rotatable bonds is 16. The van der Waals surface area contributed by atoms with E-state index < -0.39 is 5.97 Å². The van der Waals surface area contributed by atoms with Gasteiger partial charge in [0.25, 0.3) is 11.1 Å². The van der Waals surface area contributed by atoms with E-state index >= 15 is 0 Å². The second-order valence-corrected chi connectivity index (χ2v) is 19.5. The summed E-state index contributed by atoms with van der Waals surface area (Å²) in [6, 6.07) is 15.4. The van der Waals surface area contributed by atoms with Crippen molar-refractivity contribution in [3.8, 4) is 11.5 Å². The van der Waals surface area contributed by atoms with Crippen LogP contribution in [-0.4, -0.2) is 165 Å². The van der Waals surface area contributed by atoms with Gasteiger partial charge in [0.15, 0.2) is 0 Å². The number of carboxylic acids is 1. The second-order valence-electron chi connectivity index (χ2n) is 19.5. The third-order valence-corrected chi connectivity index (χ3v) is 14.1. The van der Waals surface area contributed by atoms with Gasteiger partial charge in [-0.2, -0.15) is 20.2 Å². The van der Waals surface area contributed by atoms with E-state index in [4.69, 9.17) is 24.5 Å². The molecule has 0 spiro atoms. The monoisotopic (exact) mass is 1030 g/mol. The van der Waals surface area contributed by atoms with Gasteiger partial charge in [-0.05, 0) is 113 Å². The quantitative estimate of drug-likeness (QED) is 0.0663. The zero-order valence-electron chi connectivity index (χ0n) is 43.9. The summed E-state index contributed by atoms with van der Waals surface area (Å²) in [5.74, 6) is 3.35. The number of nitrogens with one attached hydrogen (secondary N) is 4. The molecule has 4 aromatic heterocycles. The maximum atomic E-state index is 12.6. The molecule has 21 nitrogen and oxygen atoms in total. The molecule has 0 radical (unpaired) electrons. The number of aromatic amines is 2. The Bertz CT molecular complexity index is 2840. The SMILES string of the molecule is CC.CN1CCN(CCOc2ccc(Nc3nc(N4CCCCCC4)nc4cn[nH]c(=O)c34)cc2)CC1.O=C(O)CC1CCN(CCOc2ccc(Nc3nc(N4CCCCCC4)nc4cn[nH]c(=O)c34)cc2)CC1. The Morgan fingerprint density at radius 1 is 0.587 bits per heavy atom. The molecule has 402 valence electrons. The van der Waals surface area contributed by atoms with Gasteiger partial charge in [-0.3, -0.25) is 24.2 Å². The molecule has 4 aliphatic rings. The highest BCUT2D eigenvalue weighted by atomic mass is 16.5. The lowest BCUT2D eigenvalue weighted by Crippen LogP contribution is -2.45. The summed E-state index contributed by atoms with van der Waals surface area (Å²) in [7, 11) is 2.16. The number of carboxylic acid groups (broad SMARTS) is 1. The van der Waals surface area contributed by atoms with Gasteiger partial charge < -0.3 is 39.9 Å². The first kappa shape index (κ1) is 54.3. The molecule has 8 heterocycles. The van der Waals surface area contributed by atoms with Crippen LogP contribution in [0.2, 0.25) is 0 Å². The number of H-pyrrole nitrogens is 2. The number of likely N-dealkylation sites (N-methyl/N-ethyl adjacent to an activating group) is 1. The predicted molar refractivity (Wildman–Crippen MR) is 294 cm³/mol. The van der Waals surface area contributed by atoms with Gasteiger partial charge in [0.2, 0.25) is 11.9 Å². The largest absolute Gasteiger partial charge is 0.492 e. The number of aromatic nitrogens is 8. The number of ether oxygens (including phenoxy) is 2. The number of piperazine rings is 1. The number of fused-ring (bicyclic) bond motifs is 2. The maximum Gasteiger partial charge on any atom is 0.303 e. The van der Waals surface area contributed by atoms with E-state index in [1.165, 1.54) is 25.7 Å². The van der Waals surface area contributed by atoms with E-state index in [2.05, 4.69) is 72.5 Å². The van der Waals surface area contributed by atoms with Crippen molar-refractivity contribution < 1.29 is 19.4 Å². The van der Waals surface area contributed by atoms with Crippen LogP contribution >= 0.6 is 0 Å². The number of aliphatic carboxylic acids is 1. The van der Waals surface area contributed by atoms with Crippen molar-refractivity contribution in [2.24, 2.45) is 5.92 Å². The molecule has 4 aliphatic heterocycles. The van der Waals surface area contributed by atoms with E-state index in [1.54, 1.807) is 12.4 Å². The number of hydrogen-bond acceptors (Lipinski definition) is 18. The molecular formula is C54H75N15O6. The van der Waals surface area contributed by atoms with Crippen molar-refractivity contribution >= 4 is 62.7 Å². The molecule has 0 aliphatic carbocycles. The Labute approximate surface area is 438 Å². The Hall–Kier alpha value is -6.97. The summed E-state index contributed by atoms with van der Waals surface area (Å²) in [5.41, 5.74) is 2.02. The Morgan fingerprint density at radius 2 is 1.00 bits per heavy atom. The van der Waals surface area contributed by atoms with Crippen LogP contribution in [0.15, 0.2) is 70.5 Å². The first-order valence-corrected chi connectivity index (χ1v) is 27.1. The number of hydrogen-bond donors (Lipinski definition) is 5. The first-order chi connectivity index (χ1) is 36.7. The molecule has 5 N–H and O–H groups in total. The summed E-state index contributed by atoms with van der Waals surface area (Å²) >= 11 is 0. The van der Waals surface area contributed by atoms with Crippen molar-refractivity contribution in [2.75, 3.05) is 119 Å². The smallest absolute Gasteiger partial charge is 0.303 e. The summed E-state index contributed by atoms with van der Waals surface area (Å²) in [6.07, 6.45) is 14.5. The van der Waals surface area contributed by atoms with Gasteiger partial charge in [0.1, 0.15) is 58.2 Å². The van der Waals surface area contributed by atoms with Crippen LogP contribution in [0.5, 0.6) is 11.5 Å². The van der Waals surface area contributed by atoms with Gasteiger partial charge in [-0.25, -0.2) is 20.2 Å². The van der Waals surface area contributed by atoms with Gasteiger partial charge in [0, 0.05) is 83.2 Å². The lowest BCUT2D eigenvalue weighted by atomic mass is 9.94. The number of piperidine rings is 1. The third-order valence-electron chi connectivity index (χ3n) is 14.1. The predicted octanol–water partition coefficient (Wildman–Crippen LogP) is 6.89. The topological polar surface area (TPSA) is 239 Å². The fourth-order valence-electron chi connectivity index (χ4n) is 9.85. The third kappa shape index (κ3) is 15.5. The highest BCUT2D eigenvalue weighted by Gasteiger charge is 2.23. The molecule has 0 amide bonds. The van der Waals surface area contributed by atoms with Crippen LogP contribution in [0.3, 0.4) is 0 Å². The Kier molecular flexibility index (Phi) is 19.9. The van der Waals surface area contributed by atoms with E-state index in [0.29, 0.717) is 58.6 Å². The summed E-state index contributed by atoms with van der Waals surface area (Å²) in [4.78, 5) is 66.4. The van der Waals surface area contributed by atoms with Crippen molar-refractivity contribution in [3.05, 3.63) is 81.6 Å². The minimum atomic E-state index is -0.709. The van der Waals surface area contributed by atoms with Gasteiger partial charge >= 0.3 is 5.97 Å². The lowest BCUT2D eigenvalue weighted by Gasteiger charge is -2.32. The molecule has 2 aromatic carbocycles. The average Bonchev–Trinajstić information content (AvgIpc) is 3.89. The standard InChI is InChI=1S/C27H35N7O4.C25H34N8O2.C2H6/c35-23(36)17-19-9-13-33(14-10-19)15-16-38-21-7-5-20(6-8-21)29-25-24-22(18-28-32-26(24)37)30-27(31-25)34-11-3-1-2-4-12-34;1-31-12-14-32(15-13-31)16-17-35-20-8-6-19(7-9-20)27-23-22-21(18-26-30-24(22)34)28-25(29-23)33-10-4-2-3-5-11-33;1-2/h5-8,18-19H,1-4,9-17H2,(H,32,37)(H,35,36)(H,29,30,31);6-9,18H,2-5,10-17H2,1H3,(H,30,34)(H,27,28,29);1-2H3. The molecule has 4 saturated heterocycles. The van der Waals surface area contributed by atoms with Crippen LogP contribution in [-0.2, 0) is 4.79 Å². The van der Waals surface area contributed by atoms with Crippen LogP contribution in [0.1, 0.15) is 84.5 Å². The minimum absolute atomic E-state index is 0.264. The minimum Gasteiger partial charge on any atom is -0.492 e. The average molecular weight is 1030 g/mol. The molecule has 10 rings (SSSR count). The molecule has 0 saturated carbocycles. The van der Waals surface area contributed by atoms with Crippen LogP contribution in [0.25, 0.3) is 21.8 Å². The number of carbonyl (C=O) groups is 1. The van der Waals surface area contributed by atoms with E-state index in [-0.39, 0.29) is 23.5 Å². The summed E-state index contributed by atoms with van der Waals surface area (Å²) in [6.45, 7) is 16.8. The van der Waals surface area contributed by atoms with Crippen LogP contribution in [0.4, 0.5) is 34.9 Å². The molecule has 6 aromatic rings. The fourth-order valence-corrected chi connectivity index (χ4v) is 9.85. The zero-order chi connectivity index (χ0) is 52.4. The molecule has 4 fully saturated rings. The second kappa shape index (κ2) is 27.5. The maximum absolute atomic E-state index is 12.6. The molecule has 0 unspecified atom stereocenters. The van der Waals surface area contributed by atoms with Crippen molar-refractivity contribution in [2.45, 2.75) is 84.5 Å². The van der Waals surface area contributed by atoms with Gasteiger partial charge in [-0.15, -0.1) is 0 Å². The van der Waals surface area contributed by atoms with E-state index in [9.17, 15) is 14.4 Å². The highest BCUT2D eigenvalue weighted by Crippen LogP contribution is 2.29. The van der Waals surface area contributed by atoms with Gasteiger partial charge in [0.05, 0.1) is 12.4 Å². The number of likely N-dealkylation sites (tertiary alicyclic amines) is 1. The number of anilines is 6. The fraction of sp³-hybridized carbons (Fsp3) is 0.537. The lowest BCUT2D eigenvalue weighted by molar-refractivity contribution is -0.138. The van der Waals surface area contributed by atoms with Crippen molar-refractivity contribution in [1.82, 2.24) is 55.0 Å². The summed E-state index contributed by atoms with van der Waals surface area (Å²) < 4.78 is 11.9. The molecule has 75 heavy (non-hydrogen) atoms. The van der Waals surface area contributed by atoms with Crippen LogP contribution in [0, 0.1) is 5.92 Å². The molecular weight excluding hydrogens is 955 g/mol. The molecule has 0 atom stereocenters. The Morgan fingerprint density at radius 3 is 1.41 bits per heavy atom. The molecule has 21 heteroatoms. The normalized spacial score (nSPS) is 17.2. The molecule has 0 bridgehead atoms. The Balaban J connectivity index is 0.000000194. The van der Waals surface area contributed by atoms with Crippen molar-refractivity contribution in [1.29, 1.82) is 0 Å². The summed E-state index contributed by atoms with van der Waals surface area (Å²) in [5, 5.41) is 29.3. The first-order valence-electron chi connectivity index (χ1n) is 27.1. The highest BCUT2D eigenvalue weighted by molar-refractivity contribution is 5.91.